The van der Waals surface area contributed by atoms with Crippen molar-refractivity contribution in [1.82, 2.24) is 10.2 Å². The molecule has 5 heteroatoms. The average Bonchev–Trinajstić information content (AvgIpc) is 2.82. The van der Waals surface area contributed by atoms with Crippen LogP contribution in [0.2, 0.25) is 0 Å². The summed E-state index contributed by atoms with van der Waals surface area (Å²) in [7, 11) is 2.05. The van der Waals surface area contributed by atoms with Crippen LogP contribution < -0.4 is 10.1 Å². The van der Waals surface area contributed by atoms with E-state index in [0.29, 0.717) is 19.4 Å². The van der Waals surface area contributed by atoms with Crippen LogP contribution >= 0.6 is 0 Å². The molecule has 1 saturated heterocycles. The fourth-order valence-corrected chi connectivity index (χ4v) is 2.33. The maximum absolute atomic E-state index is 13.3. The Morgan fingerprint density at radius 1 is 1.50 bits per heavy atom. The van der Waals surface area contributed by atoms with Crippen LogP contribution in [0.1, 0.15) is 19.3 Å². The Kier molecular flexibility index (Phi) is 5.35. The molecule has 1 aromatic rings. The lowest BCUT2D eigenvalue weighted by molar-refractivity contribution is -0.121. The topological polar surface area (TPSA) is 41.6 Å². The average molecular weight is 280 g/mol. The smallest absolute Gasteiger partial charge is 0.220 e. The molecule has 4 nitrogen and oxygen atoms in total. The number of carbonyl (C=O) groups excluding carboxylic acids is 1. The molecule has 0 radical (unpaired) electrons. The van der Waals surface area contributed by atoms with E-state index >= 15 is 0 Å². The lowest BCUT2D eigenvalue weighted by atomic mass is 10.2. The first-order chi connectivity index (χ1) is 9.65. The number of nitrogens with zero attached hydrogens (tertiary/aromatic N) is 1. The van der Waals surface area contributed by atoms with Gasteiger partial charge in [-0.2, -0.15) is 0 Å². The zero-order valence-corrected chi connectivity index (χ0v) is 11.8. The van der Waals surface area contributed by atoms with E-state index in [9.17, 15) is 9.18 Å². The van der Waals surface area contributed by atoms with Crippen molar-refractivity contribution in [3.05, 3.63) is 30.1 Å². The van der Waals surface area contributed by atoms with E-state index < -0.39 is 0 Å². The Morgan fingerprint density at radius 3 is 3.00 bits per heavy atom. The van der Waals surface area contributed by atoms with E-state index in [4.69, 9.17) is 4.74 Å². The van der Waals surface area contributed by atoms with E-state index in [2.05, 4.69) is 17.3 Å². The van der Waals surface area contributed by atoms with Crippen LogP contribution in [0, 0.1) is 5.82 Å². The van der Waals surface area contributed by atoms with Crippen molar-refractivity contribution in [3.8, 4) is 5.75 Å². The van der Waals surface area contributed by atoms with E-state index in [0.717, 1.165) is 19.5 Å². The number of rotatable bonds is 6. The van der Waals surface area contributed by atoms with Gasteiger partial charge in [0.25, 0.3) is 0 Å². The molecule has 1 aliphatic heterocycles. The highest BCUT2D eigenvalue weighted by molar-refractivity contribution is 5.76. The third-order valence-corrected chi connectivity index (χ3v) is 3.40. The molecule has 20 heavy (non-hydrogen) atoms. The number of nitrogens with one attached hydrogen (secondary N) is 1. The summed E-state index contributed by atoms with van der Waals surface area (Å²) >= 11 is 0. The molecular formula is C15H21FN2O2. The summed E-state index contributed by atoms with van der Waals surface area (Å²) < 4.78 is 18.6. The molecule has 110 valence electrons. The van der Waals surface area contributed by atoms with Crippen molar-refractivity contribution < 1.29 is 13.9 Å². The molecule has 1 heterocycles. The predicted molar refractivity (Wildman–Crippen MR) is 75.2 cm³/mol. The fourth-order valence-electron chi connectivity index (χ4n) is 2.33. The van der Waals surface area contributed by atoms with Crippen LogP contribution in [0.3, 0.4) is 0 Å². The lowest BCUT2D eigenvalue weighted by Crippen LogP contribution is -2.36. The zero-order valence-electron chi connectivity index (χ0n) is 11.8. The maximum Gasteiger partial charge on any atom is 0.220 e. The molecule has 1 aromatic carbocycles. The van der Waals surface area contributed by atoms with Gasteiger partial charge in [-0.05, 0) is 38.6 Å². The predicted octanol–water partition coefficient (Wildman–Crippen LogP) is 1.80. The number of hydrogen-bond acceptors (Lipinski definition) is 3. The number of benzene rings is 1. The van der Waals surface area contributed by atoms with Gasteiger partial charge in [0, 0.05) is 19.0 Å². The minimum absolute atomic E-state index is 0.0439. The van der Waals surface area contributed by atoms with Gasteiger partial charge in [0.2, 0.25) is 5.91 Å². The van der Waals surface area contributed by atoms with Gasteiger partial charge >= 0.3 is 0 Å². The molecule has 0 aromatic heterocycles. The number of likely N-dealkylation sites (N-methyl/N-ethyl adjacent to an activating group) is 1. The van der Waals surface area contributed by atoms with Crippen molar-refractivity contribution in [1.29, 1.82) is 0 Å². The highest BCUT2D eigenvalue weighted by Crippen LogP contribution is 2.15. The summed E-state index contributed by atoms with van der Waals surface area (Å²) in [5.74, 6) is -0.0845. The number of ether oxygens (including phenoxy) is 1. The van der Waals surface area contributed by atoms with Crippen molar-refractivity contribution in [2.24, 2.45) is 0 Å². The van der Waals surface area contributed by atoms with Crippen molar-refractivity contribution in [3.63, 3.8) is 0 Å². The number of para-hydroxylation sites is 1. The largest absolute Gasteiger partial charge is 0.491 e. The number of hydrogen-bond donors (Lipinski definition) is 1. The number of carbonyl (C=O) groups is 1. The maximum atomic E-state index is 13.3. The first-order valence-corrected chi connectivity index (χ1v) is 7.00. The van der Waals surface area contributed by atoms with E-state index in [-0.39, 0.29) is 23.5 Å². The summed E-state index contributed by atoms with van der Waals surface area (Å²) in [5.41, 5.74) is 0. The Balaban J connectivity index is 1.61. The van der Waals surface area contributed by atoms with Crippen molar-refractivity contribution in [2.45, 2.75) is 25.3 Å². The van der Waals surface area contributed by atoms with E-state index in [1.165, 1.54) is 6.07 Å². The Morgan fingerprint density at radius 2 is 2.30 bits per heavy atom. The monoisotopic (exact) mass is 280 g/mol. The van der Waals surface area contributed by atoms with Gasteiger partial charge in [-0.1, -0.05) is 12.1 Å². The van der Waals surface area contributed by atoms with Gasteiger partial charge in [-0.25, -0.2) is 4.39 Å². The molecule has 1 aliphatic rings. The summed E-state index contributed by atoms with van der Waals surface area (Å²) in [4.78, 5) is 13.9. The lowest BCUT2D eigenvalue weighted by Gasteiger charge is -2.13. The molecule has 1 fully saturated rings. The number of halogens is 1. The third kappa shape index (κ3) is 4.49. The SMILES string of the molecule is CN1CCC(NC(=O)CCCOc2ccccc2F)C1. The third-order valence-electron chi connectivity index (χ3n) is 3.40. The van der Waals surface area contributed by atoms with Gasteiger partial charge in [0.1, 0.15) is 0 Å². The van der Waals surface area contributed by atoms with Gasteiger partial charge in [0.05, 0.1) is 6.61 Å². The van der Waals surface area contributed by atoms with Crippen molar-refractivity contribution >= 4 is 5.91 Å². The molecule has 1 N–H and O–H groups in total. The Bertz CT molecular complexity index is 453. The second kappa shape index (κ2) is 7.24. The summed E-state index contributed by atoms with van der Waals surface area (Å²) in [6.07, 6.45) is 2.01. The molecule has 0 bridgehead atoms. The standard InChI is InChI=1S/C15H21FN2O2/c1-18-9-8-12(11-18)17-15(19)7-4-10-20-14-6-3-2-5-13(14)16/h2-3,5-6,12H,4,7-11H2,1H3,(H,17,19). The second-order valence-electron chi connectivity index (χ2n) is 5.20. The van der Waals surface area contributed by atoms with Crippen molar-refractivity contribution in [2.75, 3.05) is 26.7 Å². The van der Waals surface area contributed by atoms with Gasteiger partial charge in [-0.3, -0.25) is 4.79 Å². The van der Waals surface area contributed by atoms with Gasteiger partial charge < -0.3 is 15.0 Å². The van der Waals surface area contributed by atoms with Gasteiger partial charge in [0.15, 0.2) is 11.6 Å². The van der Waals surface area contributed by atoms with Crippen LogP contribution in [-0.4, -0.2) is 43.6 Å². The van der Waals surface area contributed by atoms with Crippen LogP contribution in [-0.2, 0) is 4.79 Å². The first-order valence-electron chi connectivity index (χ1n) is 7.00. The van der Waals surface area contributed by atoms with E-state index in [1.54, 1.807) is 18.2 Å². The van der Waals surface area contributed by atoms with Crippen LogP contribution in [0.25, 0.3) is 0 Å². The summed E-state index contributed by atoms with van der Waals surface area (Å²) in [6.45, 7) is 2.29. The second-order valence-corrected chi connectivity index (χ2v) is 5.20. The highest BCUT2D eigenvalue weighted by atomic mass is 19.1. The molecular weight excluding hydrogens is 259 g/mol. The molecule has 2 rings (SSSR count). The highest BCUT2D eigenvalue weighted by Gasteiger charge is 2.20. The molecule has 1 unspecified atom stereocenters. The van der Waals surface area contributed by atoms with Gasteiger partial charge in [-0.15, -0.1) is 0 Å². The summed E-state index contributed by atoms with van der Waals surface area (Å²) in [6, 6.07) is 6.55. The Labute approximate surface area is 118 Å². The number of amides is 1. The minimum Gasteiger partial charge on any atom is -0.491 e. The number of likely N-dealkylation sites (tertiary alicyclic amines) is 1. The quantitative estimate of drug-likeness (QED) is 0.808. The van der Waals surface area contributed by atoms with Crippen LogP contribution in [0.15, 0.2) is 24.3 Å². The fraction of sp³-hybridized carbons (Fsp3) is 0.533. The molecule has 0 aliphatic carbocycles. The summed E-state index contributed by atoms with van der Waals surface area (Å²) in [5, 5.41) is 3.01. The Hall–Kier alpha value is -1.62. The normalized spacial score (nSPS) is 19.0. The molecule has 1 amide bonds. The molecule has 0 saturated carbocycles. The zero-order chi connectivity index (χ0) is 14.4. The molecule has 0 spiro atoms. The van der Waals surface area contributed by atoms with Crippen LogP contribution in [0.4, 0.5) is 4.39 Å². The molecule has 1 atom stereocenters. The first kappa shape index (κ1) is 14.8. The van der Waals surface area contributed by atoms with E-state index in [1.807, 2.05) is 0 Å². The minimum atomic E-state index is -0.369. The van der Waals surface area contributed by atoms with Crippen LogP contribution in [0.5, 0.6) is 5.75 Å².